The fraction of sp³-hybridized carbons (Fsp3) is 0.688. The third-order valence-corrected chi connectivity index (χ3v) is 4.02. The van der Waals surface area contributed by atoms with Crippen LogP contribution in [0.25, 0.3) is 0 Å². The second kappa shape index (κ2) is 7.94. The highest BCUT2D eigenvalue weighted by Gasteiger charge is 2.16. The highest BCUT2D eigenvalue weighted by atomic mass is 16.5. The quantitative estimate of drug-likeness (QED) is 0.804. The van der Waals surface area contributed by atoms with Crippen LogP contribution in [0.15, 0.2) is 0 Å². The number of ether oxygens (including phenoxy) is 1. The average molecular weight is 288 g/mol. The van der Waals surface area contributed by atoms with Crippen LogP contribution < -0.4 is 4.74 Å². The summed E-state index contributed by atoms with van der Waals surface area (Å²) in [5.41, 5.74) is 2.43. The van der Waals surface area contributed by atoms with Crippen LogP contribution in [0.2, 0.25) is 0 Å². The molecule has 1 saturated heterocycles. The van der Waals surface area contributed by atoms with Crippen molar-refractivity contribution in [1.29, 1.82) is 5.26 Å². The Kier molecular flexibility index (Phi) is 5.94. The summed E-state index contributed by atoms with van der Waals surface area (Å²) < 4.78 is 5.73. The second-order valence-corrected chi connectivity index (χ2v) is 5.38. The van der Waals surface area contributed by atoms with Crippen molar-refractivity contribution in [3.63, 3.8) is 0 Å². The van der Waals surface area contributed by atoms with Crippen molar-refractivity contribution in [2.75, 3.05) is 26.2 Å². The maximum Gasteiger partial charge on any atom is 0.251 e. The van der Waals surface area contributed by atoms with E-state index in [1.54, 1.807) is 0 Å². The van der Waals surface area contributed by atoms with Crippen molar-refractivity contribution in [3.05, 3.63) is 16.8 Å². The molecule has 5 nitrogen and oxygen atoms in total. The monoisotopic (exact) mass is 288 g/mol. The molecule has 0 unspecified atom stereocenters. The van der Waals surface area contributed by atoms with Crippen LogP contribution >= 0.6 is 0 Å². The van der Waals surface area contributed by atoms with E-state index in [9.17, 15) is 5.26 Å². The molecule has 1 aliphatic heterocycles. The summed E-state index contributed by atoms with van der Waals surface area (Å²) in [6.07, 6.45) is 5.45. The zero-order valence-corrected chi connectivity index (χ0v) is 13.1. The van der Waals surface area contributed by atoms with Gasteiger partial charge in [-0.05, 0) is 44.3 Å². The van der Waals surface area contributed by atoms with Crippen LogP contribution in [0.3, 0.4) is 0 Å². The normalized spacial score (nSPS) is 15.7. The molecule has 0 radical (unpaired) electrons. The van der Waals surface area contributed by atoms with Crippen LogP contribution in [0.5, 0.6) is 5.88 Å². The molecule has 0 aliphatic carbocycles. The molecule has 1 aromatic rings. The van der Waals surface area contributed by atoms with Crippen molar-refractivity contribution in [3.8, 4) is 11.9 Å². The van der Waals surface area contributed by atoms with Crippen LogP contribution in [-0.2, 0) is 12.8 Å². The second-order valence-electron chi connectivity index (χ2n) is 5.38. The van der Waals surface area contributed by atoms with Gasteiger partial charge in [0.2, 0.25) is 0 Å². The summed E-state index contributed by atoms with van der Waals surface area (Å²) in [6, 6.07) is 2.24. The summed E-state index contributed by atoms with van der Waals surface area (Å²) in [4.78, 5) is 2.41. The molecule has 0 saturated carbocycles. The number of rotatable bonds is 6. The smallest absolute Gasteiger partial charge is 0.251 e. The number of aromatic nitrogens is 2. The first-order chi connectivity index (χ1) is 10.3. The SMILES string of the molecule is CCc1nnc(OCCN2CCCCC2)c(C#N)c1CC. The molecule has 5 heteroatoms. The van der Waals surface area contributed by atoms with Crippen molar-refractivity contribution in [1.82, 2.24) is 15.1 Å². The van der Waals surface area contributed by atoms with Gasteiger partial charge in [0.05, 0.1) is 5.69 Å². The molecule has 0 aromatic carbocycles. The number of aryl methyl sites for hydroxylation is 1. The highest BCUT2D eigenvalue weighted by molar-refractivity contribution is 5.46. The van der Waals surface area contributed by atoms with Gasteiger partial charge in [0.15, 0.2) is 0 Å². The van der Waals surface area contributed by atoms with Crippen molar-refractivity contribution < 1.29 is 4.74 Å². The van der Waals surface area contributed by atoms with E-state index >= 15 is 0 Å². The minimum Gasteiger partial charge on any atom is -0.474 e. The summed E-state index contributed by atoms with van der Waals surface area (Å²) in [5, 5.41) is 17.7. The Morgan fingerprint density at radius 2 is 1.90 bits per heavy atom. The lowest BCUT2D eigenvalue weighted by molar-refractivity contribution is 0.179. The molecule has 2 rings (SSSR count). The molecular formula is C16H24N4O. The maximum absolute atomic E-state index is 9.39. The van der Waals surface area contributed by atoms with Gasteiger partial charge in [-0.25, -0.2) is 0 Å². The van der Waals surface area contributed by atoms with Gasteiger partial charge in [-0.2, -0.15) is 10.4 Å². The third kappa shape index (κ3) is 3.92. The number of hydrogen-bond donors (Lipinski definition) is 0. The number of piperidine rings is 1. The van der Waals surface area contributed by atoms with E-state index in [2.05, 4.69) is 21.2 Å². The Morgan fingerprint density at radius 3 is 2.52 bits per heavy atom. The van der Waals surface area contributed by atoms with Crippen molar-refractivity contribution in [2.24, 2.45) is 0 Å². The molecule has 0 N–H and O–H groups in total. The number of hydrogen-bond acceptors (Lipinski definition) is 5. The lowest BCUT2D eigenvalue weighted by Gasteiger charge is -2.26. The van der Waals surface area contributed by atoms with Gasteiger partial charge in [-0.15, -0.1) is 5.10 Å². The first-order valence-electron chi connectivity index (χ1n) is 7.93. The predicted octanol–water partition coefficient (Wildman–Crippen LogP) is 2.34. The molecule has 1 aliphatic rings. The molecule has 21 heavy (non-hydrogen) atoms. The fourth-order valence-electron chi connectivity index (χ4n) is 2.83. The van der Waals surface area contributed by atoms with Gasteiger partial charge in [-0.1, -0.05) is 20.3 Å². The fourth-order valence-corrected chi connectivity index (χ4v) is 2.83. The summed E-state index contributed by atoms with van der Waals surface area (Å²) in [6.45, 7) is 7.82. The summed E-state index contributed by atoms with van der Waals surface area (Å²) in [7, 11) is 0. The summed E-state index contributed by atoms with van der Waals surface area (Å²) in [5.74, 6) is 0.392. The minimum absolute atomic E-state index is 0.392. The molecule has 114 valence electrons. The predicted molar refractivity (Wildman–Crippen MR) is 81.3 cm³/mol. The van der Waals surface area contributed by atoms with Gasteiger partial charge in [0.25, 0.3) is 5.88 Å². The van der Waals surface area contributed by atoms with E-state index in [4.69, 9.17) is 4.74 Å². The van der Waals surface area contributed by atoms with E-state index in [1.165, 1.54) is 19.3 Å². The van der Waals surface area contributed by atoms with E-state index < -0.39 is 0 Å². The van der Waals surface area contributed by atoms with E-state index in [0.717, 1.165) is 43.7 Å². The Balaban J connectivity index is 2.00. The molecule has 0 spiro atoms. The Morgan fingerprint density at radius 1 is 1.14 bits per heavy atom. The first-order valence-corrected chi connectivity index (χ1v) is 7.93. The average Bonchev–Trinajstić information content (AvgIpc) is 2.55. The standard InChI is InChI=1S/C16H24N4O/c1-3-13-14(12-17)16(19-18-15(13)4-2)21-11-10-20-8-6-5-7-9-20/h3-11H2,1-2H3. The minimum atomic E-state index is 0.392. The topological polar surface area (TPSA) is 62.0 Å². The van der Waals surface area contributed by atoms with Gasteiger partial charge < -0.3 is 4.74 Å². The molecule has 2 heterocycles. The van der Waals surface area contributed by atoms with E-state index in [1.807, 2.05) is 13.8 Å². The lowest BCUT2D eigenvalue weighted by atomic mass is 10.0. The van der Waals surface area contributed by atoms with Crippen LogP contribution in [0, 0.1) is 11.3 Å². The Labute approximate surface area is 126 Å². The number of likely N-dealkylation sites (tertiary alicyclic amines) is 1. The van der Waals surface area contributed by atoms with Gasteiger partial charge in [-0.3, -0.25) is 4.90 Å². The molecular weight excluding hydrogens is 264 g/mol. The Bertz CT molecular complexity index is 504. The molecule has 1 aromatic heterocycles. The van der Waals surface area contributed by atoms with Gasteiger partial charge in [0.1, 0.15) is 18.2 Å². The van der Waals surface area contributed by atoms with Crippen molar-refractivity contribution in [2.45, 2.75) is 46.0 Å². The van der Waals surface area contributed by atoms with Crippen molar-refractivity contribution >= 4 is 0 Å². The van der Waals surface area contributed by atoms with Gasteiger partial charge in [0, 0.05) is 6.54 Å². The van der Waals surface area contributed by atoms with Gasteiger partial charge >= 0.3 is 0 Å². The highest BCUT2D eigenvalue weighted by Crippen LogP contribution is 2.21. The molecule has 0 bridgehead atoms. The zero-order valence-electron chi connectivity index (χ0n) is 13.1. The Hall–Kier alpha value is -1.67. The lowest BCUT2D eigenvalue weighted by Crippen LogP contribution is -2.33. The van der Waals surface area contributed by atoms with Crippen LogP contribution in [-0.4, -0.2) is 41.3 Å². The summed E-state index contributed by atoms with van der Waals surface area (Å²) >= 11 is 0. The first kappa shape index (κ1) is 15.7. The number of nitrogens with zero attached hydrogens (tertiary/aromatic N) is 4. The molecule has 1 fully saturated rings. The largest absolute Gasteiger partial charge is 0.474 e. The zero-order chi connectivity index (χ0) is 15.1. The van der Waals surface area contributed by atoms with E-state index in [0.29, 0.717) is 18.1 Å². The third-order valence-electron chi connectivity index (χ3n) is 4.02. The number of nitriles is 1. The van der Waals surface area contributed by atoms with E-state index in [-0.39, 0.29) is 0 Å². The molecule has 0 atom stereocenters. The maximum atomic E-state index is 9.39. The molecule has 0 amide bonds. The van der Waals surface area contributed by atoms with Crippen LogP contribution in [0.4, 0.5) is 0 Å². The van der Waals surface area contributed by atoms with Crippen LogP contribution in [0.1, 0.15) is 49.9 Å².